The molecule has 6 heteroatoms. The number of carboxylic acids is 1. The zero-order chi connectivity index (χ0) is 16.0. The summed E-state index contributed by atoms with van der Waals surface area (Å²) in [4.78, 5) is 20.0. The normalized spacial score (nSPS) is 13.9. The fourth-order valence-corrected chi connectivity index (χ4v) is 3.03. The molecule has 2 aromatic heterocycles. The van der Waals surface area contributed by atoms with E-state index in [1.54, 1.807) is 4.57 Å². The third-order valence-corrected chi connectivity index (χ3v) is 4.10. The van der Waals surface area contributed by atoms with E-state index in [1.165, 1.54) is 0 Å². The molecule has 0 spiro atoms. The average Bonchev–Trinajstić information content (AvgIpc) is 3.08. The first-order valence-electron chi connectivity index (χ1n) is 7.46. The molecule has 0 atom stereocenters. The molecule has 0 saturated heterocycles. The Balaban J connectivity index is 1.75. The molecule has 1 aliphatic carbocycles. The fourth-order valence-electron chi connectivity index (χ4n) is 3.03. The van der Waals surface area contributed by atoms with E-state index in [9.17, 15) is 4.79 Å². The van der Waals surface area contributed by atoms with E-state index in [-0.39, 0.29) is 6.54 Å². The molecule has 1 N–H and O–H groups in total. The first-order chi connectivity index (χ1) is 11.1. The molecule has 4 rings (SSSR count). The van der Waals surface area contributed by atoms with Crippen LogP contribution in [0.5, 0.6) is 0 Å². The van der Waals surface area contributed by atoms with Gasteiger partial charge in [0.2, 0.25) is 5.89 Å². The van der Waals surface area contributed by atoms with Crippen molar-refractivity contribution in [2.45, 2.75) is 26.3 Å². The number of aryl methyl sites for hydroxylation is 1. The number of nitrogens with zero attached hydrogens (tertiary/aromatic N) is 3. The number of oxazole rings is 1. The lowest BCUT2D eigenvalue weighted by atomic mass is 10.00. The summed E-state index contributed by atoms with van der Waals surface area (Å²) in [5.74, 6) is 0.469. The zero-order valence-electron chi connectivity index (χ0n) is 12.6. The van der Waals surface area contributed by atoms with E-state index in [1.807, 2.05) is 37.3 Å². The minimum atomic E-state index is -0.859. The Hall–Kier alpha value is -2.89. The van der Waals surface area contributed by atoms with Crippen molar-refractivity contribution in [3.8, 4) is 0 Å². The van der Waals surface area contributed by atoms with Gasteiger partial charge in [0.25, 0.3) is 0 Å². The third kappa shape index (κ3) is 2.32. The maximum Gasteiger partial charge on any atom is 0.323 e. The van der Waals surface area contributed by atoms with E-state index in [2.05, 4.69) is 9.97 Å². The van der Waals surface area contributed by atoms with Gasteiger partial charge in [-0.05, 0) is 38.0 Å². The maximum absolute atomic E-state index is 11.0. The predicted octanol–water partition coefficient (Wildman–Crippen LogP) is 2.90. The van der Waals surface area contributed by atoms with Crippen LogP contribution in [-0.2, 0) is 17.8 Å². The SMILES string of the molecule is Cc1nc2c(n1CC(=O)O)CCC(c1nc3ccccc3o1)=C2. The number of para-hydroxylation sites is 2. The van der Waals surface area contributed by atoms with Crippen LogP contribution in [0.4, 0.5) is 0 Å². The van der Waals surface area contributed by atoms with Crippen molar-refractivity contribution in [2.24, 2.45) is 0 Å². The van der Waals surface area contributed by atoms with Crippen LogP contribution in [0.1, 0.15) is 29.5 Å². The molecular weight excluding hydrogens is 294 g/mol. The highest BCUT2D eigenvalue weighted by Crippen LogP contribution is 2.31. The van der Waals surface area contributed by atoms with Gasteiger partial charge in [0, 0.05) is 11.3 Å². The fraction of sp³-hybridized carbons (Fsp3) is 0.235. The lowest BCUT2D eigenvalue weighted by Gasteiger charge is -2.13. The molecule has 23 heavy (non-hydrogen) atoms. The van der Waals surface area contributed by atoms with Crippen LogP contribution in [-0.4, -0.2) is 25.6 Å². The molecule has 0 unspecified atom stereocenters. The van der Waals surface area contributed by atoms with Crippen LogP contribution >= 0.6 is 0 Å². The number of fused-ring (bicyclic) bond motifs is 2. The second kappa shape index (κ2) is 5.08. The molecular formula is C17H15N3O3. The number of benzene rings is 1. The number of aliphatic carboxylic acids is 1. The molecule has 0 saturated carbocycles. The van der Waals surface area contributed by atoms with Crippen molar-refractivity contribution >= 4 is 28.7 Å². The standard InChI is InChI=1S/C17H15N3O3/c1-10-18-13-8-11(6-7-14(13)20(10)9-16(21)22)17-19-12-4-2-3-5-15(12)23-17/h2-5,8H,6-7,9H2,1H3,(H,21,22). The van der Waals surface area contributed by atoms with Crippen molar-refractivity contribution in [1.82, 2.24) is 14.5 Å². The van der Waals surface area contributed by atoms with Crippen LogP contribution in [0.15, 0.2) is 28.7 Å². The Morgan fingerprint density at radius 1 is 1.30 bits per heavy atom. The summed E-state index contributed by atoms with van der Waals surface area (Å²) in [6.07, 6.45) is 3.44. The molecule has 0 aliphatic heterocycles. The van der Waals surface area contributed by atoms with E-state index in [4.69, 9.17) is 9.52 Å². The monoisotopic (exact) mass is 309 g/mol. The second-order valence-corrected chi connectivity index (χ2v) is 5.63. The van der Waals surface area contributed by atoms with Crippen LogP contribution < -0.4 is 0 Å². The highest BCUT2D eigenvalue weighted by atomic mass is 16.4. The predicted molar refractivity (Wildman–Crippen MR) is 84.8 cm³/mol. The third-order valence-electron chi connectivity index (χ3n) is 4.10. The molecule has 1 aromatic carbocycles. The average molecular weight is 309 g/mol. The highest BCUT2D eigenvalue weighted by Gasteiger charge is 2.22. The lowest BCUT2D eigenvalue weighted by molar-refractivity contribution is -0.137. The Morgan fingerprint density at radius 3 is 2.91 bits per heavy atom. The largest absolute Gasteiger partial charge is 0.480 e. The van der Waals surface area contributed by atoms with Crippen LogP contribution in [0.3, 0.4) is 0 Å². The number of allylic oxidation sites excluding steroid dienone is 1. The summed E-state index contributed by atoms with van der Waals surface area (Å²) in [5.41, 5.74) is 4.37. The first-order valence-corrected chi connectivity index (χ1v) is 7.46. The Bertz CT molecular complexity index is 916. The smallest absolute Gasteiger partial charge is 0.323 e. The molecule has 116 valence electrons. The molecule has 0 fully saturated rings. The van der Waals surface area contributed by atoms with Gasteiger partial charge < -0.3 is 14.1 Å². The van der Waals surface area contributed by atoms with E-state index in [0.717, 1.165) is 40.9 Å². The van der Waals surface area contributed by atoms with Crippen LogP contribution in [0.2, 0.25) is 0 Å². The van der Waals surface area contributed by atoms with Gasteiger partial charge in [0.1, 0.15) is 17.9 Å². The Kier molecular flexibility index (Phi) is 3.04. The van der Waals surface area contributed by atoms with Crippen LogP contribution in [0, 0.1) is 6.92 Å². The van der Waals surface area contributed by atoms with Gasteiger partial charge in [0.15, 0.2) is 5.58 Å². The van der Waals surface area contributed by atoms with Gasteiger partial charge in [0.05, 0.1) is 5.69 Å². The van der Waals surface area contributed by atoms with E-state index >= 15 is 0 Å². The Morgan fingerprint density at radius 2 is 2.13 bits per heavy atom. The highest BCUT2D eigenvalue weighted by molar-refractivity contribution is 5.83. The van der Waals surface area contributed by atoms with Crippen molar-refractivity contribution in [1.29, 1.82) is 0 Å². The van der Waals surface area contributed by atoms with E-state index in [0.29, 0.717) is 11.7 Å². The topological polar surface area (TPSA) is 81.2 Å². The van der Waals surface area contributed by atoms with E-state index < -0.39 is 5.97 Å². The second-order valence-electron chi connectivity index (χ2n) is 5.63. The quantitative estimate of drug-likeness (QED) is 0.804. The number of hydrogen-bond acceptors (Lipinski definition) is 4. The van der Waals surface area contributed by atoms with Gasteiger partial charge in [-0.15, -0.1) is 0 Å². The van der Waals surface area contributed by atoms with Crippen molar-refractivity contribution in [3.63, 3.8) is 0 Å². The molecule has 6 nitrogen and oxygen atoms in total. The first kappa shape index (κ1) is 13.8. The number of aromatic nitrogens is 3. The molecule has 1 aliphatic rings. The summed E-state index contributed by atoms with van der Waals surface area (Å²) in [7, 11) is 0. The molecule has 0 amide bonds. The maximum atomic E-state index is 11.0. The number of carbonyl (C=O) groups is 1. The summed E-state index contributed by atoms with van der Waals surface area (Å²) in [6, 6.07) is 7.66. The van der Waals surface area contributed by atoms with Crippen molar-refractivity contribution < 1.29 is 14.3 Å². The number of carboxylic acid groups (broad SMARTS) is 1. The van der Waals surface area contributed by atoms with Gasteiger partial charge in [-0.3, -0.25) is 4.79 Å². The number of imidazole rings is 1. The number of hydrogen-bond donors (Lipinski definition) is 1. The minimum absolute atomic E-state index is 0.0553. The molecule has 3 aromatic rings. The minimum Gasteiger partial charge on any atom is -0.480 e. The van der Waals surface area contributed by atoms with Crippen molar-refractivity contribution in [3.05, 3.63) is 47.4 Å². The summed E-state index contributed by atoms with van der Waals surface area (Å²) in [5, 5.41) is 9.03. The summed E-state index contributed by atoms with van der Waals surface area (Å²) >= 11 is 0. The Labute approximate surface area is 132 Å². The zero-order valence-corrected chi connectivity index (χ0v) is 12.6. The molecule has 0 radical (unpaired) electrons. The number of rotatable bonds is 3. The molecule has 0 bridgehead atoms. The molecule has 2 heterocycles. The van der Waals surface area contributed by atoms with Gasteiger partial charge in [-0.2, -0.15) is 0 Å². The van der Waals surface area contributed by atoms with Crippen molar-refractivity contribution in [2.75, 3.05) is 0 Å². The van der Waals surface area contributed by atoms with Gasteiger partial charge in [-0.25, -0.2) is 9.97 Å². The van der Waals surface area contributed by atoms with Gasteiger partial charge in [-0.1, -0.05) is 12.1 Å². The summed E-state index contributed by atoms with van der Waals surface area (Å²) < 4.78 is 7.58. The summed E-state index contributed by atoms with van der Waals surface area (Å²) in [6.45, 7) is 1.77. The lowest BCUT2D eigenvalue weighted by Crippen LogP contribution is -2.14. The van der Waals surface area contributed by atoms with Crippen LogP contribution in [0.25, 0.3) is 22.7 Å². The van der Waals surface area contributed by atoms with Gasteiger partial charge >= 0.3 is 5.97 Å².